The lowest BCUT2D eigenvalue weighted by Gasteiger charge is -2.09. The van der Waals surface area contributed by atoms with E-state index in [-0.39, 0.29) is 6.61 Å². The van der Waals surface area contributed by atoms with Crippen molar-refractivity contribution in [2.45, 2.75) is 0 Å². The summed E-state index contributed by atoms with van der Waals surface area (Å²) in [6.07, 6.45) is 0.0604. The number of hydrogen-bond acceptors (Lipinski definition) is 3. The number of carboxylic acid groups (broad SMARTS) is 1. The molecule has 0 radical (unpaired) electrons. The van der Waals surface area contributed by atoms with Crippen molar-refractivity contribution in [3.05, 3.63) is 41.7 Å². The summed E-state index contributed by atoms with van der Waals surface area (Å²) in [6, 6.07) is 0.450. The minimum Gasteiger partial charge on any atom is -0.478 e. The molecule has 0 heterocycles. The SMILES string of the molecule is C=CCOC(=O)Nc1cc(C(=O)O)c(F)c(F)c1F. The molecule has 1 aromatic rings. The number of benzene rings is 1. The number of nitrogens with one attached hydrogen (secondary N) is 1. The summed E-state index contributed by atoms with van der Waals surface area (Å²) in [7, 11) is 0. The predicted octanol–water partition coefficient (Wildman–Crippen LogP) is 2.54. The zero-order valence-corrected chi connectivity index (χ0v) is 9.37. The van der Waals surface area contributed by atoms with Gasteiger partial charge in [0.2, 0.25) is 0 Å². The van der Waals surface area contributed by atoms with Crippen LogP contribution in [0.1, 0.15) is 10.4 Å². The zero-order valence-electron chi connectivity index (χ0n) is 9.37. The van der Waals surface area contributed by atoms with Crippen molar-refractivity contribution in [3.8, 4) is 0 Å². The topological polar surface area (TPSA) is 75.6 Å². The van der Waals surface area contributed by atoms with Crippen molar-refractivity contribution in [1.29, 1.82) is 0 Å². The number of carboxylic acids is 1. The lowest BCUT2D eigenvalue weighted by Crippen LogP contribution is -2.17. The molecule has 0 atom stereocenters. The van der Waals surface area contributed by atoms with Gasteiger partial charge in [-0.25, -0.2) is 22.8 Å². The molecule has 0 fully saturated rings. The lowest BCUT2D eigenvalue weighted by atomic mass is 10.1. The van der Waals surface area contributed by atoms with Crippen molar-refractivity contribution in [2.24, 2.45) is 0 Å². The minimum atomic E-state index is -2.00. The highest BCUT2D eigenvalue weighted by molar-refractivity contribution is 5.91. The maximum Gasteiger partial charge on any atom is 0.412 e. The standard InChI is InChI=1S/C11H8F3NO4/c1-2-3-19-11(18)15-6-4-5(10(16)17)7(12)9(14)8(6)13/h2,4H,1,3H2,(H,15,18)(H,16,17). The Morgan fingerprint density at radius 3 is 2.47 bits per heavy atom. The average Bonchev–Trinajstić information content (AvgIpc) is 2.36. The smallest absolute Gasteiger partial charge is 0.412 e. The molecule has 0 saturated heterocycles. The van der Waals surface area contributed by atoms with E-state index in [0.717, 1.165) is 0 Å². The number of ether oxygens (including phenoxy) is 1. The van der Waals surface area contributed by atoms with Crippen LogP contribution in [-0.2, 0) is 4.74 Å². The van der Waals surface area contributed by atoms with E-state index < -0.39 is 40.8 Å². The highest BCUT2D eigenvalue weighted by Gasteiger charge is 2.23. The lowest BCUT2D eigenvalue weighted by molar-refractivity contribution is 0.0690. The van der Waals surface area contributed by atoms with Gasteiger partial charge in [-0.3, -0.25) is 5.32 Å². The number of carbonyl (C=O) groups is 2. The van der Waals surface area contributed by atoms with Crippen molar-refractivity contribution in [1.82, 2.24) is 0 Å². The molecule has 0 bridgehead atoms. The summed E-state index contributed by atoms with van der Waals surface area (Å²) in [6.45, 7) is 3.06. The summed E-state index contributed by atoms with van der Waals surface area (Å²) in [5.41, 5.74) is -1.96. The molecule has 5 nitrogen and oxygen atoms in total. The third kappa shape index (κ3) is 3.24. The third-order valence-electron chi connectivity index (χ3n) is 1.95. The fourth-order valence-corrected chi connectivity index (χ4v) is 1.13. The van der Waals surface area contributed by atoms with E-state index in [4.69, 9.17) is 5.11 Å². The molecule has 0 aliphatic rings. The number of carbonyl (C=O) groups excluding carboxylic acids is 1. The zero-order chi connectivity index (χ0) is 14.6. The second kappa shape index (κ2) is 5.89. The van der Waals surface area contributed by atoms with Crippen LogP contribution < -0.4 is 5.32 Å². The van der Waals surface area contributed by atoms with E-state index in [9.17, 15) is 22.8 Å². The van der Waals surface area contributed by atoms with Crippen LogP contribution in [0.2, 0.25) is 0 Å². The first kappa shape index (κ1) is 14.6. The van der Waals surface area contributed by atoms with Crippen LogP contribution in [0.4, 0.5) is 23.7 Å². The molecule has 0 unspecified atom stereocenters. The van der Waals surface area contributed by atoms with Crippen LogP contribution in [0.25, 0.3) is 0 Å². The molecule has 1 rings (SSSR count). The number of amides is 1. The van der Waals surface area contributed by atoms with E-state index >= 15 is 0 Å². The van der Waals surface area contributed by atoms with Crippen LogP contribution >= 0.6 is 0 Å². The molecule has 0 saturated carbocycles. The maximum atomic E-state index is 13.3. The molecule has 0 aliphatic heterocycles. The predicted molar refractivity (Wildman–Crippen MR) is 58.4 cm³/mol. The average molecular weight is 275 g/mol. The molecule has 0 spiro atoms. The molecule has 1 aromatic carbocycles. The molecule has 1 amide bonds. The Balaban J connectivity index is 3.11. The number of rotatable bonds is 4. The summed E-state index contributed by atoms with van der Waals surface area (Å²) in [5, 5.41) is 10.3. The fourth-order valence-electron chi connectivity index (χ4n) is 1.13. The molecule has 102 valence electrons. The van der Waals surface area contributed by atoms with Gasteiger partial charge in [0.1, 0.15) is 12.2 Å². The van der Waals surface area contributed by atoms with Gasteiger partial charge >= 0.3 is 12.1 Å². The van der Waals surface area contributed by atoms with Crippen LogP contribution in [0.15, 0.2) is 18.7 Å². The Bertz CT molecular complexity index is 545. The van der Waals surface area contributed by atoms with Crippen LogP contribution in [0.5, 0.6) is 0 Å². The van der Waals surface area contributed by atoms with E-state index in [0.29, 0.717) is 6.07 Å². The largest absolute Gasteiger partial charge is 0.478 e. The maximum absolute atomic E-state index is 13.3. The van der Waals surface area contributed by atoms with Crippen molar-refractivity contribution in [3.63, 3.8) is 0 Å². The van der Waals surface area contributed by atoms with Crippen molar-refractivity contribution >= 4 is 17.7 Å². The monoisotopic (exact) mass is 275 g/mol. The second-order valence-corrected chi connectivity index (χ2v) is 3.23. The van der Waals surface area contributed by atoms with Crippen molar-refractivity contribution in [2.75, 3.05) is 11.9 Å². The van der Waals surface area contributed by atoms with Gasteiger partial charge in [-0.1, -0.05) is 12.7 Å². The number of halogens is 3. The third-order valence-corrected chi connectivity index (χ3v) is 1.95. The Morgan fingerprint density at radius 1 is 1.32 bits per heavy atom. The first-order chi connectivity index (χ1) is 8.88. The van der Waals surface area contributed by atoms with Gasteiger partial charge in [0.25, 0.3) is 0 Å². The minimum absolute atomic E-state index is 0.192. The van der Waals surface area contributed by atoms with Crippen molar-refractivity contribution < 1.29 is 32.6 Å². The molecule has 0 aromatic heterocycles. The normalized spacial score (nSPS) is 9.84. The summed E-state index contributed by atoms with van der Waals surface area (Å²) in [5.74, 6) is -7.38. The Hall–Kier alpha value is -2.51. The van der Waals surface area contributed by atoms with Gasteiger partial charge in [0, 0.05) is 0 Å². The first-order valence-electron chi connectivity index (χ1n) is 4.84. The van der Waals surface area contributed by atoms with E-state index in [1.54, 1.807) is 5.32 Å². The quantitative estimate of drug-likeness (QED) is 0.654. The summed E-state index contributed by atoms with van der Waals surface area (Å²) >= 11 is 0. The van der Waals surface area contributed by atoms with Gasteiger partial charge in [0.15, 0.2) is 17.5 Å². The van der Waals surface area contributed by atoms with Gasteiger partial charge in [0.05, 0.1) is 5.69 Å². The highest BCUT2D eigenvalue weighted by atomic mass is 19.2. The van der Waals surface area contributed by atoms with Gasteiger partial charge < -0.3 is 9.84 Å². The second-order valence-electron chi connectivity index (χ2n) is 3.23. The van der Waals surface area contributed by atoms with Crippen LogP contribution in [-0.4, -0.2) is 23.8 Å². The molecule has 0 aliphatic carbocycles. The van der Waals surface area contributed by atoms with Gasteiger partial charge in [-0.2, -0.15) is 0 Å². The fraction of sp³-hybridized carbons (Fsp3) is 0.0909. The van der Waals surface area contributed by atoms with Crippen LogP contribution in [0.3, 0.4) is 0 Å². The van der Waals surface area contributed by atoms with E-state index in [1.807, 2.05) is 0 Å². The number of hydrogen-bond donors (Lipinski definition) is 2. The Morgan fingerprint density at radius 2 is 1.95 bits per heavy atom. The van der Waals surface area contributed by atoms with E-state index in [1.165, 1.54) is 6.08 Å². The number of anilines is 1. The molecule has 19 heavy (non-hydrogen) atoms. The van der Waals surface area contributed by atoms with E-state index in [2.05, 4.69) is 11.3 Å². The molecular formula is C11H8F3NO4. The molecule has 8 heteroatoms. The molecule has 2 N–H and O–H groups in total. The van der Waals surface area contributed by atoms with Gasteiger partial charge in [-0.15, -0.1) is 0 Å². The van der Waals surface area contributed by atoms with Gasteiger partial charge in [-0.05, 0) is 6.07 Å². The number of aromatic carboxylic acids is 1. The summed E-state index contributed by atoms with van der Waals surface area (Å²) < 4.78 is 43.9. The Labute approximate surface area is 105 Å². The first-order valence-corrected chi connectivity index (χ1v) is 4.84. The Kier molecular flexibility index (Phi) is 4.51. The molecular weight excluding hydrogens is 267 g/mol. The van der Waals surface area contributed by atoms with Crippen LogP contribution in [0, 0.1) is 17.5 Å². The highest BCUT2D eigenvalue weighted by Crippen LogP contribution is 2.23. The summed E-state index contributed by atoms with van der Waals surface area (Å²) in [4.78, 5) is 21.7.